The number of benzene rings is 1. The minimum atomic E-state index is -0.619. The first-order valence-corrected chi connectivity index (χ1v) is 7.28. The van der Waals surface area contributed by atoms with Crippen molar-refractivity contribution in [3.63, 3.8) is 0 Å². The van der Waals surface area contributed by atoms with Crippen LogP contribution in [-0.4, -0.2) is 25.0 Å². The number of thiophene rings is 1. The van der Waals surface area contributed by atoms with Crippen LogP contribution in [-0.2, 0) is 9.53 Å². The standard InChI is InChI=1S/C16H13NO4S/c1-11-2-7-15(22-11)14(18)9-21-16(19)10-20-13-5-3-12(8-17)4-6-13/h2-7H,9-10H2,1H3. The van der Waals surface area contributed by atoms with Gasteiger partial charge in [0, 0.05) is 4.88 Å². The SMILES string of the molecule is Cc1ccc(C(=O)COC(=O)COc2ccc(C#N)cc2)s1. The molecule has 0 radical (unpaired) electrons. The van der Waals surface area contributed by atoms with Gasteiger partial charge < -0.3 is 9.47 Å². The number of nitrogens with zero attached hydrogens (tertiary/aromatic N) is 1. The molecule has 0 bridgehead atoms. The molecule has 0 atom stereocenters. The summed E-state index contributed by atoms with van der Waals surface area (Å²) in [6, 6.07) is 11.9. The van der Waals surface area contributed by atoms with Gasteiger partial charge in [0.25, 0.3) is 0 Å². The molecule has 5 nitrogen and oxygen atoms in total. The van der Waals surface area contributed by atoms with E-state index in [4.69, 9.17) is 14.7 Å². The molecule has 112 valence electrons. The number of esters is 1. The molecule has 6 heteroatoms. The van der Waals surface area contributed by atoms with Gasteiger partial charge in [0.15, 0.2) is 13.2 Å². The summed E-state index contributed by atoms with van der Waals surface area (Å²) in [7, 11) is 0. The molecule has 0 aliphatic heterocycles. The van der Waals surface area contributed by atoms with Crippen molar-refractivity contribution in [3.05, 3.63) is 51.7 Å². The van der Waals surface area contributed by atoms with Crippen molar-refractivity contribution in [2.75, 3.05) is 13.2 Å². The highest BCUT2D eigenvalue weighted by atomic mass is 32.1. The van der Waals surface area contributed by atoms with Gasteiger partial charge in [0.1, 0.15) is 5.75 Å². The van der Waals surface area contributed by atoms with Crippen molar-refractivity contribution in [2.45, 2.75) is 6.92 Å². The van der Waals surface area contributed by atoms with E-state index in [-0.39, 0.29) is 19.0 Å². The van der Waals surface area contributed by atoms with Crippen molar-refractivity contribution in [2.24, 2.45) is 0 Å². The monoisotopic (exact) mass is 315 g/mol. The zero-order valence-electron chi connectivity index (χ0n) is 11.9. The average molecular weight is 315 g/mol. The summed E-state index contributed by atoms with van der Waals surface area (Å²) >= 11 is 1.36. The number of hydrogen-bond acceptors (Lipinski definition) is 6. The second-order valence-electron chi connectivity index (χ2n) is 4.42. The third-order valence-electron chi connectivity index (χ3n) is 2.72. The van der Waals surface area contributed by atoms with E-state index in [9.17, 15) is 9.59 Å². The summed E-state index contributed by atoms with van der Waals surface area (Å²) in [4.78, 5) is 24.9. The summed E-state index contributed by atoms with van der Waals surface area (Å²) in [5, 5.41) is 8.67. The molecule has 0 N–H and O–H groups in total. The van der Waals surface area contributed by atoms with E-state index in [0.717, 1.165) is 4.88 Å². The zero-order chi connectivity index (χ0) is 15.9. The molecular weight excluding hydrogens is 302 g/mol. The fraction of sp³-hybridized carbons (Fsp3) is 0.188. The number of hydrogen-bond donors (Lipinski definition) is 0. The van der Waals surface area contributed by atoms with Crippen molar-refractivity contribution >= 4 is 23.1 Å². The molecule has 0 saturated heterocycles. The van der Waals surface area contributed by atoms with Gasteiger partial charge in [-0.3, -0.25) is 4.79 Å². The van der Waals surface area contributed by atoms with E-state index < -0.39 is 5.97 Å². The maximum atomic E-state index is 11.8. The lowest BCUT2D eigenvalue weighted by atomic mass is 10.2. The topological polar surface area (TPSA) is 76.4 Å². The molecule has 2 rings (SSSR count). The van der Waals surface area contributed by atoms with Crippen LogP contribution in [0.1, 0.15) is 20.1 Å². The summed E-state index contributed by atoms with van der Waals surface area (Å²) in [5.74, 6) is -0.396. The van der Waals surface area contributed by atoms with E-state index >= 15 is 0 Å². The number of nitriles is 1. The predicted molar refractivity (Wildman–Crippen MR) is 81.0 cm³/mol. The number of carbonyl (C=O) groups is 2. The highest BCUT2D eigenvalue weighted by Crippen LogP contribution is 2.15. The molecule has 0 spiro atoms. The molecular formula is C16H13NO4S. The number of ketones is 1. The van der Waals surface area contributed by atoms with Crippen LogP contribution in [0.25, 0.3) is 0 Å². The van der Waals surface area contributed by atoms with Crippen molar-refractivity contribution in [1.82, 2.24) is 0 Å². The van der Waals surface area contributed by atoms with Gasteiger partial charge >= 0.3 is 5.97 Å². The van der Waals surface area contributed by atoms with Crippen LogP contribution in [0.5, 0.6) is 5.75 Å². The highest BCUT2D eigenvalue weighted by molar-refractivity contribution is 7.14. The smallest absolute Gasteiger partial charge is 0.344 e. The minimum absolute atomic E-state index is 0.232. The molecule has 2 aromatic rings. The van der Waals surface area contributed by atoms with Gasteiger partial charge in [-0.25, -0.2) is 4.79 Å². The molecule has 0 aliphatic carbocycles. The normalized spacial score (nSPS) is 9.82. The molecule has 1 heterocycles. The lowest BCUT2D eigenvalue weighted by Gasteiger charge is -2.06. The van der Waals surface area contributed by atoms with Gasteiger partial charge in [-0.1, -0.05) is 0 Å². The first-order valence-electron chi connectivity index (χ1n) is 6.46. The van der Waals surface area contributed by atoms with Gasteiger partial charge in [-0.05, 0) is 43.3 Å². The third-order valence-corrected chi connectivity index (χ3v) is 3.76. The Labute approximate surface area is 131 Å². The summed E-state index contributed by atoms with van der Waals surface area (Å²) in [5.41, 5.74) is 0.506. The maximum absolute atomic E-state index is 11.8. The van der Waals surface area contributed by atoms with E-state index in [2.05, 4.69) is 0 Å². The first kappa shape index (κ1) is 15.7. The van der Waals surface area contributed by atoms with E-state index in [0.29, 0.717) is 16.2 Å². The lowest BCUT2D eigenvalue weighted by Crippen LogP contribution is -2.19. The Morgan fingerprint density at radius 3 is 2.45 bits per heavy atom. The average Bonchev–Trinajstić information content (AvgIpc) is 2.97. The number of Topliss-reactive ketones (excluding diaryl/α,β-unsaturated/α-hetero) is 1. The largest absolute Gasteiger partial charge is 0.482 e. The van der Waals surface area contributed by atoms with Crippen LogP contribution in [0.2, 0.25) is 0 Å². The molecule has 22 heavy (non-hydrogen) atoms. The Kier molecular flexibility index (Phi) is 5.28. The highest BCUT2D eigenvalue weighted by Gasteiger charge is 2.12. The van der Waals surface area contributed by atoms with Crippen molar-refractivity contribution < 1.29 is 19.1 Å². The zero-order valence-corrected chi connectivity index (χ0v) is 12.7. The van der Waals surface area contributed by atoms with Gasteiger partial charge in [0.2, 0.25) is 5.78 Å². The maximum Gasteiger partial charge on any atom is 0.344 e. The van der Waals surface area contributed by atoms with Crippen LogP contribution in [0.3, 0.4) is 0 Å². The molecule has 0 unspecified atom stereocenters. The predicted octanol–water partition coefficient (Wildman–Crippen LogP) is 2.73. The number of ether oxygens (including phenoxy) is 2. The quantitative estimate of drug-likeness (QED) is 0.605. The lowest BCUT2D eigenvalue weighted by molar-refractivity contribution is -0.144. The molecule has 0 aliphatic rings. The fourth-order valence-corrected chi connectivity index (χ4v) is 2.40. The Morgan fingerprint density at radius 1 is 1.14 bits per heavy atom. The molecule has 1 aromatic heterocycles. The third kappa shape index (κ3) is 4.43. The van der Waals surface area contributed by atoms with Crippen molar-refractivity contribution in [1.29, 1.82) is 5.26 Å². The minimum Gasteiger partial charge on any atom is -0.482 e. The summed E-state index contributed by atoms with van der Waals surface area (Å²) < 4.78 is 10.1. The van der Waals surface area contributed by atoms with E-state index in [1.54, 1.807) is 30.3 Å². The molecule has 0 fully saturated rings. The molecule has 0 amide bonds. The van der Waals surface area contributed by atoms with Crippen LogP contribution in [0, 0.1) is 18.3 Å². The fourth-order valence-electron chi connectivity index (χ4n) is 1.61. The molecule has 0 saturated carbocycles. The van der Waals surface area contributed by atoms with E-state index in [1.807, 2.05) is 19.1 Å². The Bertz CT molecular complexity index is 712. The Balaban J connectivity index is 1.76. The van der Waals surface area contributed by atoms with Crippen LogP contribution >= 0.6 is 11.3 Å². The number of carbonyl (C=O) groups excluding carboxylic acids is 2. The van der Waals surface area contributed by atoms with Gasteiger partial charge in [-0.2, -0.15) is 5.26 Å². The summed E-state index contributed by atoms with van der Waals surface area (Å²) in [6.07, 6.45) is 0. The summed E-state index contributed by atoms with van der Waals surface area (Å²) in [6.45, 7) is 1.32. The van der Waals surface area contributed by atoms with Crippen molar-refractivity contribution in [3.8, 4) is 11.8 Å². The first-order chi connectivity index (χ1) is 10.6. The Morgan fingerprint density at radius 2 is 1.86 bits per heavy atom. The molecule has 1 aromatic carbocycles. The van der Waals surface area contributed by atoms with Crippen LogP contribution in [0.15, 0.2) is 36.4 Å². The second kappa shape index (κ2) is 7.38. The number of rotatable bonds is 6. The van der Waals surface area contributed by atoms with Gasteiger partial charge in [-0.15, -0.1) is 11.3 Å². The Hall–Kier alpha value is -2.65. The van der Waals surface area contributed by atoms with Crippen LogP contribution in [0.4, 0.5) is 0 Å². The van der Waals surface area contributed by atoms with E-state index in [1.165, 1.54) is 11.3 Å². The van der Waals surface area contributed by atoms with Crippen LogP contribution < -0.4 is 4.74 Å². The second-order valence-corrected chi connectivity index (χ2v) is 5.71. The number of aryl methyl sites for hydroxylation is 1. The van der Waals surface area contributed by atoms with Gasteiger partial charge in [0.05, 0.1) is 16.5 Å².